The van der Waals surface area contributed by atoms with E-state index in [1.807, 2.05) is 0 Å². The number of hydrogen-bond acceptors (Lipinski definition) is 4. The van der Waals surface area contributed by atoms with Crippen molar-refractivity contribution in [1.29, 1.82) is 0 Å². The molecule has 7 heteroatoms. The fraction of sp³-hybridized carbons (Fsp3) is 0. The highest BCUT2D eigenvalue weighted by Crippen LogP contribution is 2.30. The highest BCUT2D eigenvalue weighted by atomic mass is 79.9. The third kappa shape index (κ3) is 1.82. The highest BCUT2D eigenvalue weighted by Gasteiger charge is 2.15. The summed E-state index contributed by atoms with van der Waals surface area (Å²) in [5.41, 5.74) is -1.37. The largest absolute Gasteiger partial charge is 0.867 e. The number of aromatic carboxylic acids is 1. The molecule has 14 heavy (non-hydrogen) atoms. The molecule has 0 saturated carbocycles. The number of carbonyl (C=O) groups is 1. The first-order valence-corrected chi connectivity index (χ1v) is 4.11. The van der Waals surface area contributed by atoms with Crippen LogP contribution in [-0.2, 0) is 0 Å². The van der Waals surface area contributed by atoms with Gasteiger partial charge in [0, 0.05) is 10.5 Å². The molecule has 0 saturated heterocycles. The second-order valence-electron chi connectivity index (χ2n) is 2.36. The normalized spacial score (nSPS) is 9.79. The lowest BCUT2D eigenvalue weighted by molar-refractivity contribution is -0.398. The Bertz CT molecular complexity index is 382. The summed E-state index contributed by atoms with van der Waals surface area (Å²) < 4.78 is 0.182. The number of carboxylic acid groups (broad SMARTS) is 1. The van der Waals surface area contributed by atoms with E-state index in [9.17, 15) is 20.0 Å². The zero-order chi connectivity index (χ0) is 10.9. The fourth-order valence-corrected chi connectivity index (χ4v) is 1.32. The van der Waals surface area contributed by atoms with E-state index in [0.717, 1.165) is 12.1 Å². The molecular weight excluding hydrogens is 258 g/mol. The Morgan fingerprint density at radius 1 is 1.50 bits per heavy atom. The van der Waals surface area contributed by atoms with Crippen molar-refractivity contribution in [2.24, 2.45) is 0 Å². The van der Waals surface area contributed by atoms with E-state index in [1.165, 1.54) is 0 Å². The molecule has 6 nitrogen and oxygen atoms in total. The molecule has 0 amide bonds. The Hall–Kier alpha value is -1.63. The Morgan fingerprint density at radius 3 is 2.50 bits per heavy atom. The molecule has 0 heterocycles. The summed E-state index contributed by atoms with van der Waals surface area (Å²) in [7, 11) is 0. The number of carboxylic acids is 1. The molecule has 0 unspecified atom stereocenters. The predicted molar refractivity (Wildman–Crippen MR) is 47.2 cm³/mol. The van der Waals surface area contributed by atoms with Crippen LogP contribution in [0.5, 0.6) is 5.75 Å². The summed E-state index contributed by atoms with van der Waals surface area (Å²) in [6.45, 7) is 0. The molecule has 1 aromatic carbocycles. The van der Waals surface area contributed by atoms with E-state index in [4.69, 9.17) is 5.11 Å². The van der Waals surface area contributed by atoms with Crippen molar-refractivity contribution < 1.29 is 19.9 Å². The van der Waals surface area contributed by atoms with E-state index < -0.39 is 27.9 Å². The number of nitro groups is 1. The maximum Gasteiger partial charge on any atom is 0.335 e. The maximum atomic E-state index is 11.2. The van der Waals surface area contributed by atoms with Gasteiger partial charge in [0.1, 0.15) is 0 Å². The van der Waals surface area contributed by atoms with Crippen LogP contribution in [0.25, 0.3) is 0 Å². The molecule has 0 aliphatic heterocycles. The lowest BCUT2D eigenvalue weighted by atomic mass is 10.2. The Kier molecular flexibility index (Phi) is 2.70. The van der Waals surface area contributed by atoms with Crippen LogP contribution in [0.15, 0.2) is 16.6 Å². The average Bonchev–Trinajstić information content (AvgIpc) is 2.07. The minimum atomic E-state index is -1.49. The lowest BCUT2D eigenvalue weighted by Gasteiger charge is -2.10. The van der Waals surface area contributed by atoms with Crippen LogP contribution in [0.3, 0.4) is 0 Å². The molecule has 0 aliphatic rings. The quantitative estimate of drug-likeness (QED) is 0.634. The van der Waals surface area contributed by atoms with Crippen LogP contribution < -0.4 is 5.11 Å². The monoisotopic (exact) mass is 260 g/mol. The van der Waals surface area contributed by atoms with Gasteiger partial charge in [-0.25, -0.2) is 4.79 Å². The molecule has 74 valence electrons. The topological polar surface area (TPSA) is 104 Å². The van der Waals surface area contributed by atoms with Crippen molar-refractivity contribution in [1.82, 2.24) is 0 Å². The van der Waals surface area contributed by atoms with Crippen molar-refractivity contribution in [2.45, 2.75) is 0 Å². The Balaban J connectivity index is 3.47. The number of rotatable bonds is 2. The summed E-state index contributed by atoms with van der Waals surface area (Å²) in [4.78, 5) is 19.9. The molecule has 0 radical (unpaired) electrons. The van der Waals surface area contributed by atoms with Gasteiger partial charge in [-0.15, -0.1) is 0 Å². The van der Waals surface area contributed by atoms with E-state index >= 15 is 0 Å². The van der Waals surface area contributed by atoms with Crippen LogP contribution in [0.4, 0.5) is 5.69 Å². The Labute approximate surface area is 86.1 Å². The van der Waals surface area contributed by atoms with E-state index in [-0.39, 0.29) is 4.47 Å². The SMILES string of the molecule is O=C(O)c1cc(Br)cc([N+](=O)[O-])c1[O-]. The molecule has 1 rings (SSSR count). The van der Waals surface area contributed by atoms with E-state index in [0.29, 0.717) is 0 Å². The molecule has 0 aliphatic carbocycles. The molecule has 1 N–H and O–H groups in total. The Morgan fingerprint density at radius 2 is 2.07 bits per heavy atom. The summed E-state index contributed by atoms with van der Waals surface area (Å²) in [5, 5.41) is 30.1. The number of halogens is 1. The van der Waals surface area contributed by atoms with Gasteiger partial charge in [0.2, 0.25) is 0 Å². The molecular formula is C7H3BrNO5-. The number of nitrogens with zero attached hydrogens (tertiary/aromatic N) is 1. The summed E-state index contributed by atoms with van der Waals surface area (Å²) in [6, 6.07) is 1.99. The van der Waals surface area contributed by atoms with Gasteiger partial charge in [0.25, 0.3) is 5.69 Å². The second kappa shape index (κ2) is 3.62. The van der Waals surface area contributed by atoms with Crippen LogP contribution in [0, 0.1) is 10.1 Å². The van der Waals surface area contributed by atoms with Gasteiger partial charge >= 0.3 is 5.97 Å². The standard InChI is InChI=1S/C7H4BrNO5/c8-3-1-4(7(11)12)6(10)5(2-3)9(13)14/h1-2,10H,(H,11,12)/p-1. The van der Waals surface area contributed by atoms with Gasteiger partial charge in [-0.1, -0.05) is 15.9 Å². The smallest absolute Gasteiger partial charge is 0.335 e. The third-order valence-corrected chi connectivity index (χ3v) is 1.92. The van der Waals surface area contributed by atoms with Crippen LogP contribution in [-0.4, -0.2) is 16.0 Å². The zero-order valence-electron chi connectivity index (χ0n) is 6.56. The molecule has 0 atom stereocenters. The van der Waals surface area contributed by atoms with Crippen molar-refractivity contribution in [3.8, 4) is 5.75 Å². The molecule has 0 fully saturated rings. The van der Waals surface area contributed by atoms with Gasteiger partial charge < -0.3 is 10.2 Å². The first-order valence-electron chi connectivity index (χ1n) is 3.31. The van der Waals surface area contributed by atoms with Gasteiger partial charge in [-0.05, 0) is 11.8 Å². The van der Waals surface area contributed by atoms with Crippen molar-refractivity contribution in [3.63, 3.8) is 0 Å². The van der Waals surface area contributed by atoms with Gasteiger partial charge in [-0.2, -0.15) is 0 Å². The lowest BCUT2D eigenvalue weighted by Crippen LogP contribution is -2.07. The predicted octanol–water partition coefficient (Wildman–Crippen LogP) is 1.13. The second-order valence-corrected chi connectivity index (χ2v) is 3.28. The first kappa shape index (κ1) is 10.5. The summed E-state index contributed by atoms with van der Waals surface area (Å²) in [6.07, 6.45) is 0. The van der Waals surface area contributed by atoms with Gasteiger partial charge in [-0.3, -0.25) is 10.1 Å². The maximum absolute atomic E-state index is 11.2. The number of hydrogen-bond donors (Lipinski definition) is 1. The molecule has 0 spiro atoms. The van der Waals surface area contributed by atoms with Crippen LogP contribution in [0.2, 0.25) is 0 Å². The minimum absolute atomic E-state index is 0.182. The third-order valence-electron chi connectivity index (χ3n) is 1.46. The average molecular weight is 261 g/mol. The van der Waals surface area contributed by atoms with Crippen molar-refractivity contribution in [3.05, 3.63) is 32.3 Å². The van der Waals surface area contributed by atoms with E-state index in [1.54, 1.807) is 0 Å². The van der Waals surface area contributed by atoms with Gasteiger partial charge in [0.15, 0.2) is 0 Å². The first-order chi connectivity index (χ1) is 6.43. The fourth-order valence-electron chi connectivity index (χ4n) is 0.874. The van der Waals surface area contributed by atoms with E-state index in [2.05, 4.69) is 15.9 Å². The number of nitro benzene ring substituents is 1. The summed E-state index contributed by atoms with van der Waals surface area (Å²) >= 11 is 2.88. The zero-order valence-corrected chi connectivity index (χ0v) is 8.15. The van der Waals surface area contributed by atoms with Crippen LogP contribution in [0.1, 0.15) is 10.4 Å². The molecule has 0 aromatic heterocycles. The molecule has 0 bridgehead atoms. The molecule has 1 aromatic rings. The summed E-state index contributed by atoms with van der Waals surface area (Å²) in [5.74, 6) is -2.58. The van der Waals surface area contributed by atoms with Crippen molar-refractivity contribution in [2.75, 3.05) is 0 Å². The van der Waals surface area contributed by atoms with Crippen LogP contribution >= 0.6 is 15.9 Å². The minimum Gasteiger partial charge on any atom is -0.867 e. The van der Waals surface area contributed by atoms with Gasteiger partial charge in [0.05, 0.1) is 10.5 Å². The van der Waals surface area contributed by atoms with Crippen molar-refractivity contribution >= 4 is 27.6 Å². The highest BCUT2D eigenvalue weighted by molar-refractivity contribution is 9.10. The number of benzene rings is 1.